The summed E-state index contributed by atoms with van der Waals surface area (Å²) in [5.74, 6) is -0.157. The molecule has 0 aliphatic heterocycles. The maximum Gasteiger partial charge on any atom is 0.123 e. The van der Waals surface area contributed by atoms with Gasteiger partial charge in [-0.2, -0.15) is 0 Å². The molecule has 1 atom stereocenters. The van der Waals surface area contributed by atoms with Gasteiger partial charge in [0, 0.05) is 17.3 Å². The Morgan fingerprint density at radius 1 is 1.30 bits per heavy atom. The summed E-state index contributed by atoms with van der Waals surface area (Å²) in [6, 6.07) is 9.63. The molecule has 1 aromatic heterocycles. The lowest BCUT2D eigenvalue weighted by Crippen LogP contribution is -2.24. The van der Waals surface area contributed by atoms with Crippen LogP contribution < -0.4 is 5.32 Å². The van der Waals surface area contributed by atoms with Crippen molar-refractivity contribution in [1.82, 2.24) is 5.32 Å². The predicted octanol–water partition coefficient (Wildman–Crippen LogP) is 5.24. The average molecular weight is 356 g/mol. The summed E-state index contributed by atoms with van der Waals surface area (Å²) in [7, 11) is 0. The van der Waals surface area contributed by atoms with Crippen LogP contribution in [0.25, 0.3) is 0 Å². The maximum atomic E-state index is 13.6. The molecule has 0 bridgehead atoms. The fourth-order valence-electron chi connectivity index (χ4n) is 2.25. The first-order chi connectivity index (χ1) is 9.58. The normalized spacial score (nSPS) is 12.6. The van der Waals surface area contributed by atoms with Crippen LogP contribution in [0.15, 0.2) is 34.1 Å². The molecule has 108 valence electrons. The summed E-state index contributed by atoms with van der Waals surface area (Å²) in [4.78, 5) is 1.30. The van der Waals surface area contributed by atoms with Crippen LogP contribution >= 0.6 is 27.3 Å². The number of hydrogen-bond donors (Lipinski definition) is 1. The van der Waals surface area contributed by atoms with Crippen LogP contribution in [0.2, 0.25) is 0 Å². The lowest BCUT2D eigenvalue weighted by atomic mass is 10.0. The van der Waals surface area contributed by atoms with Crippen molar-refractivity contribution in [2.75, 3.05) is 6.54 Å². The fraction of sp³-hybridized carbons (Fsp3) is 0.375. The van der Waals surface area contributed by atoms with E-state index in [1.165, 1.54) is 4.88 Å². The Morgan fingerprint density at radius 2 is 2.10 bits per heavy atom. The zero-order valence-electron chi connectivity index (χ0n) is 11.7. The van der Waals surface area contributed by atoms with E-state index in [9.17, 15) is 4.39 Å². The van der Waals surface area contributed by atoms with Crippen LogP contribution in [0.3, 0.4) is 0 Å². The molecule has 1 unspecified atom stereocenters. The van der Waals surface area contributed by atoms with Crippen LogP contribution in [0.1, 0.15) is 35.4 Å². The monoisotopic (exact) mass is 355 g/mol. The van der Waals surface area contributed by atoms with Crippen LogP contribution in [-0.2, 0) is 6.42 Å². The summed E-state index contributed by atoms with van der Waals surface area (Å²) in [6.45, 7) is 5.01. The van der Waals surface area contributed by atoms with E-state index < -0.39 is 0 Å². The minimum absolute atomic E-state index is 0.157. The first-order valence-electron chi connectivity index (χ1n) is 6.83. The van der Waals surface area contributed by atoms with Gasteiger partial charge in [0.25, 0.3) is 0 Å². The average Bonchev–Trinajstić information content (AvgIpc) is 2.79. The molecule has 0 radical (unpaired) electrons. The second-order valence-electron chi connectivity index (χ2n) is 4.98. The van der Waals surface area contributed by atoms with Crippen molar-refractivity contribution in [2.24, 2.45) is 0 Å². The van der Waals surface area contributed by atoms with E-state index in [0.29, 0.717) is 0 Å². The van der Waals surface area contributed by atoms with Crippen molar-refractivity contribution in [3.63, 3.8) is 0 Å². The third-order valence-electron chi connectivity index (χ3n) is 3.14. The number of thiophene rings is 1. The number of hydrogen-bond acceptors (Lipinski definition) is 2. The first kappa shape index (κ1) is 15.7. The third kappa shape index (κ3) is 4.40. The Morgan fingerprint density at radius 3 is 2.70 bits per heavy atom. The predicted molar refractivity (Wildman–Crippen MR) is 87.9 cm³/mol. The van der Waals surface area contributed by atoms with Gasteiger partial charge in [0.15, 0.2) is 0 Å². The second-order valence-corrected chi connectivity index (χ2v) is 7.53. The number of aryl methyl sites for hydroxylation is 1. The minimum atomic E-state index is -0.157. The number of halogens is 2. The van der Waals surface area contributed by atoms with Crippen molar-refractivity contribution < 1.29 is 4.39 Å². The Hall–Kier alpha value is -0.710. The van der Waals surface area contributed by atoms with Crippen molar-refractivity contribution >= 4 is 27.3 Å². The van der Waals surface area contributed by atoms with Gasteiger partial charge < -0.3 is 5.32 Å². The van der Waals surface area contributed by atoms with E-state index >= 15 is 0 Å². The minimum Gasteiger partial charge on any atom is -0.310 e. The van der Waals surface area contributed by atoms with E-state index in [2.05, 4.69) is 46.4 Å². The second kappa shape index (κ2) is 7.34. The van der Waals surface area contributed by atoms with Crippen LogP contribution in [0.5, 0.6) is 0 Å². The van der Waals surface area contributed by atoms with Crippen molar-refractivity contribution in [2.45, 2.75) is 32.7 Å². The molecule has 0 fully saturated rings. The first-order valence-corrected chi connectivity index (χ1v) is 8.44. The largest absolute Gasteiger partial charge is 0.310 e. The van der Waals surface area contributed by atoms with Gasteiger partial charge in [-0.3, -0.25) is 0 Å². The topological polar surface area (TPSA) is 12.0 Å². The van der Waals surface area contributed by atoms with E-state index in [1.807, 2.05) is 6.92 Å². The van der Waals surface area contributed by atoms with E-state index in [1.54, 1.807) is 23.5 Å². The SMILES string of the molecule is CCCNC(Cc1ccc(Br)s1)c1cc(C)cc(F)c1. The van der Waals surface area contributed by atoms with Gasteiger partial charge in [0.1, 0.15) is 5.82 Å². The third-order valence-corrected chi connectivity index (χ3v) is 4.79. The molecule has 0 saturated heterocycles. The molecule has 0 saturated carbocycles. The Balaban J connectivity index is 2.21. The zero-order chi connectivity index (χ0) is 14.5. The lowest BCUT2D eigenvalue weighted by molar-refractivity contribution is 0.526. The molecule has 2 rings (SSSR count). The van der Waals surface area contributed by atoms with Gasteiger partial charge in [-0.05, 0) is 71.2 Å². The molecule has 2 aromatic rings. The smallest absolute Gasteiger partial charge is 0.123 e. The Labute approximate surface area is 132 Å². The van der Waals surface area contributed by atoms with Gasteiger partial charge in [-0.1, -0.05) is 13.0 Å². The fourth-order valence-corrected chi connectivity index (χ4v) is 3.78. The standard InChI is InChI=1S/C16H19BrFNS/c1-3-6-19-15(10-14-4-5-16(17)20-14)12-7-11(2)8-13(18)9-12/h4-5,7-9,15,19H,3,6,10H2,1-2H3. The van der Waals surface area contributed by atoms with Gasteiger partial charge in [-0.25, -0.2) is 4.39 Å². The Kier molecular flexibility index (Phi) is 5.75. The molecule has 0 aliphatic rings. The molecule has 1 heterocycles. The van der Waals surface area contributed by atoms with Crippen LogP contribution in [-0.4, -0.2) is 6.54 Å². The summed E-state index contributed by atoms with van der Waals surface area (Å²) >= 11 is 5.23. The zero-order valence-corrected chi connectivity index (χ0v) is 14.2. The van der Waals surface area contributed by atoms with Crippen LogP contribution in [0, 0.1) is 12.7 Å². The summed E-state index contributed by atoms with van der Waals surface area (Å²) in [5, 5.41) is 3.52. The molecular weight excluding hydrogens is 337 g/mol. The molecule has 1 aromatic carbocycles. The van der Waals surface area contributed by atoms with Gasteiger partial charge >= 0.3 is 0 Å². The number of rotatable bonds is 6. The van der Waals surface area contributed by atoms with Gasteiger partial charge in [0.2, 0.25) is 0 Å². The summed E-state index contributed by atoms with van der Waals surface area (Å²) in [5.41, 5.74) is 2.00. The Bertz CT molecular complexity index is 547. The molecule has 1 N–H and O–H groups in total. The summed E-state index contributed by atoms with van der Waals surface area (Å²) in [6.07, 6.45) is 1.96. The lowest BCUT2D eigenvalue weighted by Gasteiger charge is -2.19. The molecule has 20 heavy (non-hydrogen) atoms. The quantitative estimate of drug-likeness (QED) is 0.746. The summed E-state index contributed by atoms with van der Waals surface area (Å²) < 4.78 is 14.8. The maximum absolute atomic E-state index is 13.6. The highest BCUT2D eigenvalue weighted by Gasteiger charge is 2.14. The highest BCUT2D eigenvalue weighted by atomic mass is 79.9. The van der Waals surface area contributed by atoms with E-state index in [0.717, 1.165) is 34.3 Å². The van der Waals surface area contributed by atoms with Crippen molar-refractivity contribution in [3.05, 3.63) is 55.9 Å². The highest BCUT2D eigenvalue weighted by molar-refractivity contribution is 9.11. The highest BCUT2D eigenvalue weighted by Crippen LogP contribution is 2.27. The number of benzene rings is 1. The van der Waals surface area contributed by atoms with E-state index in [4.69, 9.17) is 0 Å². The van der Waals surface area contributed by atoms with Crippen molar-refractivity contribution in [3.8, 4) is 0 Å². The van der Waals surface area contributed by atoms with Crippen molar-refractivity contribution in [1.29, 1.82) is 0 Å². The van der Waals surface area contributed by atoms with Crippen LogP contribution in [0.4, 0.5) is 4.39 Å². The molecule has 4 heteroatoms. The number of nitrogens with one attached hydrogen (secondary N) is 1. The van der Waals surface area contributed by atoms with E-state index in [-0.39, 0.29) is 11.9 Å². The molecule has 0 spiro atoms. The molecule has 0 aliphatic carbocycles. The van der Waals surface area contributed by atoms with Gasteiger partial charge in [0.05, 0.1) is 3.79 Å². The van der Waals surface area contributed by atoms with Gasteiger partial charge in [-0.15, -0.1) is 11.3 Å². The molecule has 1 nitrogen and oxygen atoms in total. The molecule has 0 amide bonds. The molecular formula is C16H19BrFNS.